The number of halogens is 1. The van der Waals surface area contributed by atoms with Crippen molar-refractivity contribution < 1.29 is 14.1 Å². The molecule has 0 saturated carbocycles. The third-order valence-electron chi connectivity index (χ3n) is 5.13. The summed E-state index contributed by atoms with van der Waals surface area (Å²) >= 11 is 0. The number of nitro groups is 1. The van der Waals surface area contributed by atoms with Gasteiger partial charge in [-0.05, 0) is 73.5 Å². The average Bonchev–Trinajstić information content (AvgIpc) is 3.22. The highest BCUT2D eigenvalue weighted by molar-refractivity contribution is 6.04. The van der Waals surface area contributed by atoms with Crippen molar-refractivity contribution in [2.24, 2.45) is 0 Å². The highest BCUT2D eigenvalue weighted by Crippen LogP contribution is 2.25. The molecule has 4 aromatic rings. The Bertz CT molecular complexity index is 1330. The molecule has 0 spiro atoms. The molecular formula is C24H19FN4O3. The van der Waals surface area contributed by atoms with Gasteiger partial charge in [-0.3, -0.25) is 14.9 Å². The van der Waals surface area contributed by atoms with Gasteiger partial charge in [0.1, 0.15) is 11.5 Å². The lowest BCUT2D eigenvalue weighted by molar-refractivity contribution is -0.384. The SMILES string of the molecule is Cc1ccc(NC(=O)c2cc(-c3ccc(F)cc3)nn2-c2cccc([N+](=O)[O-])c2)cc1C. The fourth-order valence-corrected chi connectivity index (χ4v) is 3.25. The van der Waals surface area contributed by atoms with E-state index in [0.29, 0.717) is 22.6 Å². The lowest BCUT2D eigenvalue weighted by Crippen LogP contribution is -2.17. The number of nitro benzene ring substituents is 1. The molecular weight excluding hydrogens is 411 g/mol. The first kappa shape index (κ1) is 20.9. The van der Waals surface area contributed by atoms with Crippen LogP contribution in [0, 0.1) is 29.8 Å². The van der Waals surface area contributed by atoms with E-state index in [1.165, 1.54) is 35.0 Å². The Morgan fingerprint density at radius 1 is 1.00 bits per heavy atom. The fraction of sp³-hybridized carbons (Fsp3) is 0.0833. The third kappa shape index (κ3) is 4.24. The van der Waals surface area contributed by atoms with Crippen LogP contribution in [0.15, 0.2) is 72.8 Å². The maximum Gasteiger partial charge on any atom is 0.274 e. The van der Waals surface area contributed by atoms with Crippen molar-refractivity contribution >= 4 is 17.3 Å². The average molecular weight is 430 g/mol. The van der Waals surface area contributed by atoms with Gasteiger partial charge in [0.25, 0.3) is 11.6 Å². The predicted molar refractivity (Wildman–Crippen MR) is 119 cm³/mol. The predicted octanol–water partition coefficient (Wildman–Crippen LogP) is 5.46. The first-order valence-electron chi connectivity index (χ1n) is 9.81. The molecule has 0 atom stereocenters. The van der Waals surface area contributed by atoms with Crippen LogP contribution in [0.5, 0.6) is 0 Å². The first-order valence-corrected chi connectivity index (χ1v) is 9.81. The molecule has 8 heteroatoms. The second-order valence-electron chi connectivity index (χ2n) is 7.36. The van der Waals surface area contributed by atoms with Gasteiger partial charge in [0.15, 0.2) is 0 Å². The number of aryl methyl sites for hydroxylation is 2. The Balaban J connectivity index is 1.79. The highest BCUT2D eigenvalue weighted by Gasteiger charge is 2.19. The summed E-state index contributed by atoms with van der Waals surface area (Å²) in [4.78, 5) is 23.9. The second-order valence-corrected chi connectivity index (χ2v) is 7.36. The standard InChI is InChI=1S/C24H19FN4O3/c1-15-6-11-19(12-16(15)2)26-24(30)23-14-22(17-7-9-18(25)10-8-17)27-28(23)20-4-3-5-21(13-20)29(31)32/h3-14H,1-2H3,(H,26,30). The van der Waals surface area contributed by atoms with Gasteiger partial charge in [0.05, 0.1) is 16.3 Å². The molecule has 4 rings (SSSR count). The van der Waals surface area contributed by atoms with E-state index in [1.807, 2.05) is 26.0 Å². The molecule has 0 bridgehead atoms. The maximum atomic E-state index is 13.3. The minimum Gasteiger partial charge on any atom is -0.321 e. The second kappa shape index (κ2) is 8.43. The molecule has 0 aliphatic heterocycles. The van der Waals surface area contributed by atoms with Crippen molar-refractivity contribution in [3.63, 3.8) is 0 Å². The number of nitrogens with zero attached hydrogens (tertiary/aromatic N) is 3. The van der Waals surface area contributed by atoms with Crippen LogP contribution in [0.25, 0.3) is 16.9 Å². The lowest BCUT2D eigenvalue weighted by Gasteiger charge is -2.10. The van der Waals surface area contributed by atoms with Gasteiger partial charge >= 0.3 is 0 Å². The number of rotatable bonds is 5. The number of carbonyl (C=O) groups excluding carboxylic acids is 1. The summed E-state index contributed by atoms with van der Waals surface area (Å²) in [6, 6.07) is 18.7. The van der Waals surface area contributed by atoms with Gasteiger partial charge in [-0.1, -0.05) is 12.1 Å². The fourth-order valence-electron chi connectivity index (χ4n) is 3.25. The number of amides is 1. The van der Waals surface area contributed by atoms with Crippen molar-refractivity contribution in [2.75, 3.05) is 5.32 Å². The van der Waals surface area contributed by atoms with Gasteiger partial charge in [-0.15, -0.1) is 0 Å². The molecule has 0 aliphatic rings. The number of anilines is 1. The Kier molecular flexibility index (Phi) is 5.51. The van der Waals surface area contributed by atoms with Crippen LogP contribution in [0.1, 0.15) is 21.6 Å². The molecule has 0 aliphatic carbocycles. The maximum absolute atomic E-state index is 13.3. The van der Waals surface area contributed by atoms with Crippen LogP contribution in [0.3, 0.4) is 0 Å². The van der Waals surface area contributed by atoms with Gasteiger partial charge < -0.3 is 5.32 Å². The lowest BCUT2D eigenvalue weighted by atomic mass is 10.1. The summed E-state index contributed by atoms with van der Waals surface area (Å²) in [5, 5.41) is 18.6. The van der Waals surface area contributed by atoms with Crippen molar-refractivity contribution in [1.82, 2.24) is 9.78 Å². The summed E-state index contributed by atoms with van der Waals surface area (Å²) in [6.45, 7) is 3.93. The van der Waals surface area contributed by atoms with E-state index in [0.717, 1.165) is 11.1 Å². The van der Waals surface area contributed by atoms with Gasteiger partial charge in [0, 0.05) is 23.4 Å². The quantitative estimate of drug-likeness (QED) is 0.336. The van der Waals surface area contributed by atoms with Crippen LogP contribution in [0.4, 0.5) is 15.8 Å². The van der Waals surface area contributed by atoms with Crippen LogP contribution >= 0.6 is 0 Å². The molecule has 0 radical (unpaired) electrons. The number of benzene rings is 3. The number of non-ortho nitro benzene ring substituents is 1. The zero-order valence-electron chi connectivity index (χ0n) is 17.4. The number of hydrogen-bond acceptors (Lipinski definition) is 4. The van der Waals surface area contributed by atoms with Crippen LogP contribution in [0.2, 0.25) is 0 Å². The molecule has 0 fully saturated rings. The molecule has 7 nitrogen and oxygen atoms in total. The van der Waals surface area contributed by atoms with Crippen molar-refractivity contribution in [1.29, 1.82) is 0 Å². The number of carbonyl (C=O) groups is 1. The Morgan fingerprint density at radius 2 is 1.75 bits per heavy atom. The van der Waals surface area contributed by atoms with E-state index in [1.54, 1.807) is 30.3 Å². The number of hydrogen-bond donors (Lipinski definition) is 1. The van der Waals surface area contributed by atoms with E-state index < -0.39 is 10.8 Å². The molecule has 1 aromatic heterocycles. The smallest absolute Gasteiger partial charge is 0.274 e. The summed E-state index contributed by atoms with van der Waals surface area (Å²) in [5.74, 6) is -0.819. The molecule has 32 heavy (non-hydrogen) atoms. The minimum absolute atomic E-state index is 0.123. The summed E-state index contributed by atoms with van der Waals surface area (Å²) < 4.78 is 14.7. The Labute approximate surface area is 183 Å². The molecule has 1 heterocycles. The van der Waals surface area contributed by atoms with E-state index >= 15 is 0 Å². The van der Waals surface area contributed by atoms with Gasteiger partial charge in [-0.25, -0.2) is 9.07 Å². The molecule has 160 valence electrons. The van der Waals surface area contributed by atoms with E-state index in [2.05, 4.69) is 10.4 Å². The number of aromatic nitrogens is 2. The number of nitrogens with one attached hydrogen (secondary N) is 1. The summed E-state index contributed by atoms with van der Waals surface area (Å²) in [5.41, 5.74) is 4.21. The molecule has 3 aromatic carbocycles. The van der Waals surface area contributed by atoms with Crippen molar-refractivity contribution in [2.45, 2.75) is 13.8 Å². The van der Waals surface area contributed by atoms with Crippen LogP contribution in [-0.4, -0.2) is 20.6 Å². The largest absolute Gasteiger partial charge is 0.321 e. The normalized spacial score (nSPS) is 10.7. The zero-order valence-corrected chi connectivity index (χ0v) is 17.4. The van der Waals surface area contributed by atoms with Crippen LogP contribution in [-0.2, 0) is 0 Å². The Hall–Kier alpha value is -4.33. The Morgan fingerprint density at radius 3 is 2.44 bits per heavy atom. The van der Waals surface area contributed by atoms with Gasteiger partial charge in [-0.2, -0.15) is 5.10 Å². The minimum atomic E-state index is -0.511. The summed E-state index contributed by atoms with van der Waals surface area (Å²) in [7, 11) is 0. The molecule has 1 amide bonds. The molecule has 1 N–H and O–H groups in total. The van der Waals surface area contributed by atoms with Crippen LogP contribution < -0.4 is 5.32 Å². The molecule has 0 unspecified atom stereocenters. The monoisotopic (exact) mass is 430 g/mol. The van der Waals surface area contributed by atoms with Crippen molar-refractivity contribution in [3.05, 3.63) is 106 Å². The summed E-state index contributed by atoms with van der Waals surface area (Å²) in [6.07, 6.45) is 0. The van der Waals surface area contributed by atoms with Crippen molar-refractivity contribution in [3.8, 4) is 16.9 Å². The topological polar surface area (TPSA) is 90.1 Å². The molecule has 0 saturated heterocycles. The van der Waals surface area contributed by atoms with E-state index in [4.69, 9.17) is 0 Å². The third-order valence-corrected chi connectivity index (χ3v) is 5.13. The zero-order chi connectivity index (χ0) is 22.8. The first-order chi connectivity index (χ1) is 15.3. The van der Waals surface area contributed by atoms with Gasteiger partial charge in [0.2, 0.25) is 0 Å². The van der Waals surface area contributed by atoms with E-state index in [9.17, 15) is 19.3 Å². The highest BCUT2D eigenvalue weighted by atomic mass is 19.1. The van der Waals surface area contributed by atoms with E-state index in [-0.39, 0.29) is 17.2 Å².